The number of hydrogen-bond acceptors (Lipinski definition) is 2. The first-order valence-corrected chi connectivity index (χ1v) is 6.67. The number of carbonyl (C=O) groups excluding carboxylic acids is 1. The zero-order valence-electron chi connectivity index (χ0n) is 10.5. The Morgan fingerprint density at radius 1 is 1.44 bits per heavy atom. The number of nitrogens with zero attached hydrogens (tertiary/aromatic N) is 1. The van der Waals surface area contributed by atoms with Gasteiger partial charge in [-0.25, -0.2) is 0 Å². The van der Waals surface area contributed by atoms with Crippen LogP contribution in [0.25, 0.3) is 0 Å². The van der Waals surface area contributed by atoms with Gasteiger partial charge in [-0.3, -0.25) is 4.79 Å². The van der Waals surface area contributed by atoms with E-state index in [1.807, 2.05) is 6.92 Å². The SMILES string of the molecule is CC(CN)C(=O)N1C(C)CC2CCCCC21. The summed E-state index contributed by atoms with van der Waals surface area (Å²) in [5, 5.41) is 0. The van der Waals surface area contributed by atoms with E-state index in [1.165, 1.54) is 32.1 Å². The largest absolute Gasteiger partial charge is 0.336 e. The first-order chi connectivity index (χ1) is 7.65. The Hall–Kier alpha value is -0.570. The van der Waals surface area contributed by atoms with Crippen molar-refractivity contribution in [1.82, 2.24) is 4.90 Å². The highest BCUT2D eigenvalue weighted by atomic mass is 16.2. The molecular weight excluding hydrogens is 200 g/mol. The summed E-state index contributed by atoms with van der Waals surface area (Å²) in [6.07, 6.45) is 6.36. The zero-order chi connectivity index (χ0) is 11.7. The standard InChI is InChI=1S/C13H24N2O/c1-9(8-14)13(16)15-10(2)7-11-5-3-4-6-12(11)15/h9-12H,3-8,14H2,1-2H3. The van der Waals surface area contributed by atoms with Crippen molar-refractivity contribution >= 4 is 5.91 Å². The van der Waals surface area contributed by atoms with Gasteiger partial charge in [-0.1, -0.05) is 19.8 Å². The summed E-state index contributed by atoms with van der Waals surface area (Å²) in [7, 11) is 0. The van der Waals surface area contributed by atoms with Crippen LogP contribution in [0.4, 0.5) is 0 Å². The van der Waals surface area contributed by atoms with Crippen molar-refractivity contribution in [2.45, 2.75) is 58.0 Å². The van der Waals surface area contributed by atoms with Gasteiger partial charge in [0.05, 0.1) is 0 Å². The minimum atomic E-state index is -0.0110. The zero-order valence-corrected chi connectivity index (χ0v) is 10.5. The van der Waals surface area contributed by atoms with E-state index in [2.05, 4.69) is 11.8 Å². The predicted octanol–water partition coefficient (Wildman–Crippen LogP) is 1.76. The number of likely N-dealkylation sites (tertiary alicyclic amines) is 1. The van der Waals surface area contributed by atoms with Crippen molar-refractivity contribution in [3.05, 3.63) is 0 Å². The van der Waals surface area contributed by atoms with E-state index >= 15 is 0 Å². The Balaban J connectivity index is 2.10. The van der Waals surface area contributed by atoms with Crippen LogP contribution in [0.5, 0.6) is 0 Å². The van der Waals surface area contributed by atoms with Crippen LogP contribution >= 0.6 is 0 Å². The molecule has 0 aromatic carbocycles. The molecule has 2 N–H and O–H groups in total. The van der Waals surface area contributed by atoms with Crippen LogP contribution in [0.2, 0.25) is 0 Å². The summed E-state index contributed by atoms with van der Waals surface area (Å²) in [4.78, 5) is 14.4. The van der Waals surface area contributed by atoms with Crippen LogP contribution in [0.15, 0.2) is 0 Å². The molecule has 1 saturated carbocycles. The quantitative estimate of drug-likeness (QED) is 0.777. The molecule has 16 heavy (non-hydrogen) atoms. The lowest BCUT2D eigenvalue weighted by Crippen LogP contribution is -2.46. The van der Waals surface area contributed by atoms with Gasteiger partial charge in [0.25, 0.3) is 0 Å². The predicted molar refractivity (Wildman–Crippen MR) is 64.9 cm³/mol. The number of amides is 1. The van der Waals surface area contributed by atoms with E-state index < -0.39 is 0 Å². The van der Waals surface area contributed by atoms with Gasteiger partial charge in [-0.15, -0.1) is 0 Å². The van der Waals surface area contributed by atoms with Gasteiger partial charge in [0.2, 0.25) is 5.91 Å². The second-order valence-corrected chi connectivity index (χ2v) is 5.58. The van der Waals surface area contributed by atoms with Crippen molar-refractivity contribution < 1.29 is 4.79 Å². The minimum Gasteiger partial charge on any atom is -0.336 e. The minimum absolute atomic E-state index is 0.0110. The molecule has 0 aromatic rings. The molecule has 1 amide bonds. The Bertz CT molecular complexity index is 267. The monoisotopic (exact) mass is 224 g/mol. The van der Waals surface area contributed by atoms with Crippen LogP contribution in [0.1, 0.15) is 46.0 Å². The first-order valence-electron chi connectivity index (χ1n) is 6.67. The molecule has 0 radical (unpaired) electrons. The van der Waals surface area contributed by atoms with E-state index in [-0.39, 0.29) is 11.8 Å². The van der Waals surface area contributed by atoms with Gasteiger partial charge < -0.3 is 10.6 Å². The number of fused-ring (bicyclic) bond motifs is 1. The molecule has 2 aliphatic rings. The van der Waals surface area contributed by atoms with Crippen molar-refractivity contribution in [3.8, 4) is 0 Å². The second kappa shape index (κ2) is 4.74. The van der Waals surface area contributed by atoms with Crippen molar-refractivity contribution in [3.63, 3.8) is 0 Å². The fraction of sp³-hybridized carbons (Fsp3) is 0.923. The van der Waals surface area contributed by atoms with Gasteiger partial charge in [0.1, 0.15) is 0 Å². The molecule has 4 atom stereocenters. The summed E-state index contributed by atoms with van der Waals surface area (Å²) in [6.45, 7) is 4.62. The number of hydrogen-bond donors (Lipinski definition) is 1. The fourth-order valence-corrected chi connectivity index (χ4v) is 3.44. The molecule has 92 valence electrons. The van der Waals surface area contributed by atoms with Gasteiger partial charge in [-0.05, 0) is 32.1 Å². The normalized spacial score (nSPS) is 35.9. The first kappa shape index (κ1) is 11.9. The summed E-state index contributed by atoms with van der Waals surface area (Å²) in [5.41, 5.74) is 5.61. The average molecular weight is 224 g/mol. The summed E-state index contributed by atoms with van der Waals surface area (Å²) < 4.78 is 0. The topological polar surface area (TPSA) is 46.3 Å². The van der Waals surface area contributed by atoms with Gasteiger partial charge in [0, 0.05) is 24.5 Å². The number of carbonyl (C=O) groups is 1. The molecule has 1 saturated heterocycles. The van der Waals surface area contributed by atoms with Gasteiger partial charge in [0.15, 0.2) is 0 Å². The third-order valence-corrected chi connectivity index (χ3v) is 4.37. The lowest BCUT2D eigenvalue weighted by atomic mass is 9.84. The molecule has 0 spiro atoms. The Morgan fingerprint density at radius 3 is 2.81 bits per heavy atom. The summed E-state index contributed by atoms with van der Waals surface area (Å²) in [6, 6.07) is 0.944. The maximum Gasteiger partial charge on any atom is 0.227 e. The van der Waals surface area contributed by atoms with Crippen LogP contribution in [-0.2, 0) is 4.79 Å². The molecule has 2 rings (SSSR count). The average Bonchev–Trinajstić information content (AvgIpc) is 2.63. The third-order valence-electron chi connectivity index (χ3n) is 4.37. The van der Waals surface area contributed by atoms with Crippen LogP contribution < -0.4 is 5.73 Å². The Labute approximate surface area is 98.4 Å². The highest BCUT2D eigenvalue weighted by Gasteiger charge is 2.43. The van der Waals surface area contributed by atoms with E-state index in [0.29, 0.717) is 18.6 Å². The summed E-state index contributed by atoms with van der Waals surface area (Å²) in [5.74, 6) is 1.03. The smallest absolute Gasteiger partial charge is 0.227 e. The third kappa shape index (κ3) is 1.97. The lowest BCUT2D eigenvalue weighted by molar-refractivity contribution is -0.138. The molecule has 3 heteroatoms. The fourth-order valence-electron chi connectivity index (χ4n) is 3.44. The van der Waals surface area contributed by atoms with E-state index in [4.69, 9.17) is 5.73 Å². The lowest BCUT2D eigenvalue weighted by Gasteiger charge is -2.34. The molecule has 1 aliphatic carbocycles. The molecule has 3 nitrogen and oxygen atoms in total. The van der Waals surface area contributed by atoms with E-state index in [0.717, 1.165) is 5.92 Å². The summed E-state index contributed by atoms with van der Waals surface area (Å²) >= 11 is 0. The highest BCUT2D eigenvalue weighted by Crippen LogP contribution is 2.40. The molecule has 1 aliphatic heterocycles. The van der Waals surface area contributed by atoms with Crippen LogP contribution in [-0.4, -0.2) is 29.4 Å². The molecule has 0 aromatic heterocycles. The maximum atomic E-state index is 12.3. The Kier molecular flexibility index (Phi) is 3.53. The number of rotatable bonds is 2. The highest BCUT2D eigenvalue weighted by molar-refractivity contribution is 5.79. The Morgan fingerprint density at radius 2 is 2.12 bits per heavy atom. The molecule has 2 fully saturated rings. The van der Waals surface area contributed by atoms with Crippen LogP contribution in [0, 0.1) is 11.8 Å². The number of nitrogens with two attached hydrogens (primary N) is 1. The molecule has 1 heterocycles. The van der Waals surface area contributed by atoms with Gasteiger partial charge in [-0.2, -0.15) is 0 Å². The van der Waals surface area contributed by atoms with E-state index in [1.54, 1.807) is 0 Å². The second-order valence-electron chi connectivity index (χ2n) is 5.58. The maximum absolute atomic E-state index is 12.3. The van der Waals surface area contributed by atoms with Crippen molar-refractivity contribution in [2.24, 2.45) is 17.6 Å². The van der Waals surface area contributed by atoms with E-state index in [9.17, 15) is 4.79 Å². The van der Waals surface area contributed by atoms with Crippen molar-refractivity contribution in [2.75, 3.05) is 6.54 Å². The van der Waals surface area contributed by atoms with Crippen LogP contribution in [0.3, 0.4) is 0 Å². The molecule has 0 bridgehead atoms. The van der Waals surface area contributed by atoms with Gasteiger partial charge >= 0.3 is 0 Å². The molecule has 4 unspecified atom stereocenters. The van der Waals surface area contributed by atoms with Crippen molar-refractivity contribution in [1.29, 1.82) is 0 Å². The molecular formula is C13H24N2O.